The van der Waals surface area contributed by atoms with E-state index in [9.17, 15) is 4.79 Å². The molecule has 6 heteroatoms. The summed E-state index contributed by atoms with van der Waals surface area (Å²) in [6, 6.07) is 5.47. The quantitative estimate of drug-likeness (QED) is 0.881. The van der Waals surface area contributed by atoms with Crippen LogP contribution >= 0.6 is 0 Å². The lowest BCUT2D eigenvalue weighted by Gasteiger charge is -2.25. The number of hydrogen-bond donors (Lipinski definition) is 1. The number of ether oxygens (including phenoxy) is 1. The van der Waals surface area contributed by atoms with Crippen LogP contribution in [-0.4, -0.2) is 40.8 Å². The van der Waals surface area contributed by atoms with E-state index in [1.807, 2.05) is 19.1 Å². The zero-order valence-corrected chi connectivity index (χ0v) is 14.3. The molecule has 3 heterocycles. The van der Waals surface area contributed by atoms with Crippen LogP contribution in [0.25, 0.3) is 11.4 Å². The molecule has 0 saturated carbocycles. The molecule has 1 aliphatic heterocycles. The summed E-state index contributed by atoms with van der Waals surface area (Å²) in [6.45, 7) is 6.71. The number of H-pyrrole nitrogens is 1. The molecule has 0 radical (unpaired) electrons. The summed E-state index contributed by atoms with van der Waals surface area (Å²) < 4.78 is 5.72. The second kappa shape index (κ2) is 7.57. The van der Waals surface area contributed by atoms with Crippen molar-refractivity contribution < 1.29 is 4.74 Å². The van der Waals surface area contributed by atoms with Gasteiger partial charge >= 0.3 is 0 Å². The van der Waals surface area contributed by atoms with E-state index in [2.05, 4.69) is 26.8 Å². The second-order valence-corrected chi connectivity index (χ2v) is 6.02. The van der Waals surface area contributed by atoms with Gasteiger partial charge in [0.15, 0.2) is 0 Å². The molecule has 24 heavy (non-hydrogen) atoms. The van der Waals surface area contributed by atoms with Gasteiger partial charge in [-0.3, -0.25) is 4.79 Å². The predicted octanol–water partition coefficient (Wildman–Crippen LogP) is 2.40. The topological polar surface area (TPSA) is 71.1 Å². The molecule has 0 bridgehead atoms. The maximum atomic E-state index is 11.7. The Bertz CT molecular complexity index is 721. The predicted molar refractivity (Wildman–Crippen MR) is 94.3 cm³/mol. The van der Waals surface area contributed by atoms with Crippen molar-refractivity contribution in [1.29, 1.82) is 0 Å². The lowest BCUT2D eigenvalue weighted by Crippen LogP contribution is -2.32. The van der Waals surface area contributed by atoms with Gasteiger partial charge in [-0.2, -0.15) is 0 Å². The Labute approximate surface area is 141 Å². The minimum atomic E-state index is -0.130. The van der Waals surface area contributed by atoms with Crippen LogP contribution in [0.4, 0.5) is 5.82 Å². The third-order valence-electron chi connectivity index (χ3n) is 4.33. The first-order valence-electron chi connectivity index (χ1n) is 8.62. The molecule has 1 N–H and O–H groups in total. The minimum absolute atomic E-state index is 0.130. The fourth-order valence-corrected chi connectivity index (χ4v) is 2.96. The number of likely N-dealkylation sites (N-methyl/N-ethyl adjacent to an activating group) is 1. The molecule has 0 amide bonds. The van der Waals surface area contributed by atoms with Gasteiger partial charge in [0.25, 0.3) is 5.56 Å². The monoisotopic (exact) mass is 328 g/mol. The fraction of sp³-hybridized carbons (Fsp3) is 0.500. The molecule has 1 fully saturated rings. The van der Waals surface area contributed by atoms with Crippen LogP contribution in [0.1, 0.15) is 32.4 Å². The van der Waals surface area contributed by atoms with Gasteiger partial charge in [0.1, 0.15) is 11.6 Å². The van der Waals surface area contributed by atoms with E-state index >= 15 is 0 Å². The molecule has 6 nitrogen and oxygen atoms in total. The fourth-order valence-electron chi connectivity index (χ4n) is 2.96. The first-order chi connectivity index (χ1) is 11.7. The lowest BCUT2D eigenvalue weighted by atomic mass is 10.2. The van der Waals surface area contributed by atoms with Crippen molar-refractivity contribution in [3.05, 3.63) is 40.4 Å². The van der Waals surface area contributed by atoms with Crippen molar-refractivity contribution in [2.24, 2.45) is 0 Å². The summed E-state index contributed by atoms with van der Waals surface area (Å²) >= 11 is 0. The van der Waals surface area contributed by atoms with Gasteiger partial charge in [0.2, 0.25) is 0 Å². The largest absolute Gasteiger partial charge is 0.376 e. The first-order valence-corrected chi connectivity index (χ1v) is 8.62. The molecule has 0 spiro atoms. The van der Waals surface area contributed by atoms with Gasteiger partial charge in [0.05, 0.1) is 6.10 Å². The number of aromatic nitrogens is 3. The van der Waals surface area contributed by atoms with Crippen LogP contribution in [0.5, 0.6) is 0 Å². The molecule has 0 aliphatic carbocycles. The third-order valence-corrected chi connectivity index (χ3v) is 4.33. The third kappa shape index (κ3) is 3.82. The number of hydrogen-bond acceptors (Lipinski definition) is 5. The van der Waals surface area contributed by atoms with Crippen LogP contribution in [0.2, 0.25) is 0 Å². The number of aryl methyl sites for hydroxylation is 1. The summed E-state index contributed by atoms with van der Waals surface area (Å²) in [6.07, 6.45) is 5.05. The average Bonchev–Trinajstić information content (AvgIpc) is 3.12. The van der Waals surface area contributed by atoms with Gasteiger partial charge in [-0.15, -0.1) is 0 Å². The van der Waals surface area contributed by atoms with Gasteiger partial charge in [-0.25, -0.2) is 9.97 Å². The van der Waals surface area contributed by atoms with Crippen molar-refractivity contribution in [2.75, 3.05) is 24.6 Å². The SMILES string of the molecule is CCc1cc(=O)[nH]c(-c2ccc(N(CC)CC3CCCO3)nc2)n1. The Morgan fingerprint density at radius 3 is 2.88 bits per heavy atom. The smallest absolute Gasteiger partial charge is 0.251 e. The van der Waals surface area contributed by atoms with Gasteiger partial charge in [0, 0.05) is 43.2 Å². The number of pyridine rings is 1. The normalized spacial score (nSPS) is 17.2. The zero-order chi connectivity index (χ0) is 16.9. The maximum Gasteiger partial charge on any atom is 0.251 e. The molecule has 3 rings (SSSR count). The van der Waals surface area contributed by atoms with E-state index in [-0.39, 0.29) is 5.56 Å². The molecule has 2 aromatic rings. The van der Waals surface area contributed by atoms with Crippen LogP contribution in [0.15, 0.2) is 29.2 Å². The number of anilines is 1. The number of aromatic amines is 1. The van der Waals surface area contributed by atoms with E-state index in [0.29, 0.717) is 11.9 Å². The molecular weight excluding hydrogens is 304 g/mol. The Kier molecular flexibility index (Phi) is 5.25. The Morgan fingerprint density at radius 2 is 2.25 bits per heavy atom. The highest BCUT2D eigenvalue weighted by molar-refractivity contribution is 5.56. The summed E-state index contributed by atoms with van der Waals surface area (Å²) in [5, 5.41) is 0. The molecule has 1 atom stereocenters. The highest BCUT2D eigenvalue weighted by Gasteiger charge is 2.19. The molecule has 0 aromatic carbocycles. The molecule has 1 aliphatic rings. The van der Waals surface area contributed by atoms with Crippen molar-refractivity contribution in [2.45, 2.75) is 39.2 Å². The summed E-state index contributed by atoms with van der Waals surface area (Å²) in [5.41, 5.74) is 1.47. The molecule has 128 valence electrons. The van der Waals surface area contributed by atoms with E-state index in [0.717, 1.165) is 56.0 Å². The van der Waals surface area contributed by atoms with Gasteiger partial charge < -0.3 is 14.6 Å². The van der Waals surface area contributed by atoms with Gasteiger partial charge in [-0.1, -0.05) is 6.92 Å². The summed E-state index contributed by atoms with van der Waals surface area (Å²) in [7, 11) is 0. The standard InChI is InChI=1S/C18H24N4O2/c1-3-14-10-17(23)21-18(20-14)13-7-8-16(19-11-13)22(4-2)12-15-6-5-9-24-15/h7-8,10-11,15H,3-6,9,12H2,1-2H3,(H,20,21,23). The number of nitrogens with one attached hydrogen (secondary N) is 1. The Balaban J connectivity index is 1.79. The maximum absolute atomic E-state index is 11.7. The molecule has 2 aromatic heterocycles. The van der Waals surface area contributed by atoms with Crippen LogP contribution in [-0.2, 0) is 11.2 Å². The van der Waals surface area contributed by atoms with Crippen molar-refractivity contribution in [3.8, 4) is 11.4 Å². The minimum Gasteiger partial charge on any atom is -0.376 e. The number of nitrogens with zero attached hydrogens (tertiary/aromatic N) is 3. The highest BCUT2D eigenvalue weighted by atomic mass is 16.5. The first kappa shape index (κ1) is 16.6. The van der Waals surface area contributed by atoms with Crippen LogP contribution in [0.3, 0.4) is 0 Å². The van der Waals surface area contributed by atoms with E-state index < -0.39 is 0 Å². The molecule has 1 unspecified atom stereocenters. The molecule has 1 saturated heterocycles. The van der Waals surface area contributed by atoms with Crippen LogP contribution < -0.4 is 10.5 Å². The van der Waals surface area contributed by atoms with Crippen molar-refractivity contribution in [3.63, 3.8) is 0 Å². The highest BCUT2D eigenvalue weighted by Crippen LogP contribution is 2.20. The van der Waals surface area contributed by atoms with E-state index in [1.165, 1.54) is 6.07 Å². The van der Waals surface area contributed by atoms with Crippen molar-refractivity contribution >= 4 is 5.82 Å². The lowest BCUT2D eigenvalue weighted by molar-refractivity contribution is 0.115. The zero-order valence-electron chi connectivity index (χ0n) is 14.3. The Hall–Kier alpha value is -2.21. The number of rotatable bonds is 6. The Morgan fingerprint density at radius 1 is 1.38 bits per heavy atom. The summed E-state index contributed by atoms with van der Waals surface area (Å²) in [5.74, 6) is 1.49. The second-order valence-electron chi connectivity index (χ2n) is 6.02. The van der Waals surface area contributed by atoms with Gasteiger partial charge in [-0.05, 0) is 38.3 Å². The van der Waals surface area contributed by atoms with Crippen molar-refractivity contribution in [1.82, 2.24) is 15.0 Å². The van der Waals surface area contributed by atoms with Crippen LogP contribution in [0, 0.1) is 0 Å². The van der Waals surface area contributed by atoms with E-state index in [4.69, 9.17) is 4.74 Å². The average molecular weight is 328 g/mol. The molecular formula is C18H24N4O2. The van der Waals surface area contributed by atoms with E-state index in [1.54, 1.807) is 6.20 Å². The summed E-state index contributed by atoms with van der Waals surface area (Å²) in [4.78, 5) is 25.8.